The minimum absolute atomic E-state index is 0.573. The second-order valence-corrected chi connectivity index (χ2v) is 8.01. The van der Waals surface area contributed by atoms with Gasteiger partial charge >= 0.3 is 0 Å². The molecule has 0 bridgehead atoms. The van der Waals surface area contributed by atoms with Crippen molar-refractivity contribution in [3.05, 3.63) is 29.8 Å². The van der Waals surface area contributed by atoms with E-state index in [2.05, 4.69) is 44.4 Å². The molecule has 1 N–H and O–H groups in total. The van der Waals surface area contributed by atoms with Gasteiger partial charge in [0.1, 0.15) is 0 Å². The third-order valence-corrected chi connectivity index (χ3v) is 6.39. The summed E-state index contributed by atoms with van der Waals surface area (Å²) in [5, 5.41) is 3.63. The standard InChI is InChI=1S/C21H32N4O/c1-22-20(25-11-10-21(17-25)8-4-5-9-21)23-16-18-6-2-3-7-19(18)24-12-14-26-15-13-24/h2-3,6-7H,4-5,8-17H2,1H3,(H,22,23). The van der Waals surface area contributed by atoms with Crippen LogP contribution < -0.4 is 10.2 Å². The van der Waals surface area contributed by atoms with E-state index in [0.717, 1.165) is 45.4 Å². The fourth-order valence-corrected chi connectivity index (χ4v) is 4.93. The molecule has 0 aromatic heterocycles. The maximum absolute atomic E-state index is 5.51. The number of guanidine groups is 1. The Bertz CT molecular complexity index is 633. The van der Waals surface area contributed by atoms with Crippen molar-refractivity contribution in [1.29, 1.82) is 0 Å². The molecule has 1 aromatic carbocycles. The molecule has 142 valence electrons. The molecule has 1 aliphatic carbocycles. The lowest BCUT2D eigenvalue weighted by molar-refractivity contribution is 0.122. The molecule has 3 aliphatic rings. The number of hydrogen-bond acceptors (Lipinski definition) is 3. The van der Waals surface area contributed by atoms with Gasteiger partial charge in [-0.1, -0.05) is 31.0 Å². The zero-order chi connectivity index (χ0) is 17.8. The van der Waals surface area contributed by atoms with Gasteiger partial charge in [0.25, 0.3) is 0 Å². The highest BCUT2D eigenvalue weighted by Gasteiger charge is 2.41. The largest absolute Gasteiger partial charge is 0.378 e. The molecule has 0 radical (unpaired) electrons. The van der Waals surface area contributed by atoms with Gasteiger partial charge in [-0.25, -0.2) is 0 Å². The molecule has 0 amide bonds. The van der Waals surface area contributed by atoms with E-state index in [1.54, 1.807) is 0 Å². The number of morpholine rings is 1. The molecule has 0 atom stereocenters. The van der Waals surface area contributed by atoms with E-state index < -0.39 is 0 Å². The van der Waals surface area contributed by atoms with Gasteiger partial charge < -0.3 is 19.9 Å². The molecule has 3 fully saturated rings. The van der Waals surface area contributed by atoms with Gasteiger partial charge in [-0.2, -0.15) is 0 Å². The molecule has 4 rings (SSSR count). The van der Waals surface area contributed by atoms with Crippen molar-refractivity contribution in [2.45, 2.75) is 38.6 Å². The maximum atomic E-state index is 5.51. The van der Waals surface area contributed by atoms with E-state index in [4.69, 9.17) is 4.74 Å². The summed E-state index contributed by atoms with van der Waals surface area (Å²) in [6, 6.07) is 8.72. The topological polar surface area (TPSA) is 40.1 Å². The zero-order valence-corrected chi connectivity index (χ0v) is 16.0. The molecule has 5 heteroatoms. The van der Waals surface area contributed by atoms with Crippen LogP contribution in [0, 0.1) is 5.41 Å². The highest BCUT2D eigenvalue weighted by Crippen LogP contribution is 2.45. The van der Waals surface area contributed by atoms with E-state index in [1.165, 1.54) is 49.9 Å². The minimum atomic E-state index is 0.573. The van der Waals surface area contributed by atoms with Crippen LogP contribution in [0.3, 0.4) is 0 Å². The molecule has 0 unspecified atom stereocenters. The van der Waals surface area contributed by atoms with Crippen molar-refractivity contribution < 1.29 is 4.74 Å². The van der Waals surface area contributed by atoms with E-state index in [-0.39, 0.29) is 0 Å². The highest BCUT2D eigenvalue weighted by atomic mass is 16.5. The quantitative estimate of drug-likeness (QED) is 0.668. The van der Waals surface area contributed by atoms with Crippen LogP contribution >= 0.6 is 0 Å². The third-order valence-electron chi connectivity index (χ3n) is 6.39. The Labute approximate surface area is 157 Å². The Hall–Kier alpha value is -1.75. The normalized spacial score (nSPS) is 23.0. The van der Waals surface area contributed by atoms with E-state index in [0.29, 0.717) is 5.41 Å². The summed E-state index contributed by atoms with van der Waals surface area (Å²) in [4.78, 5) is 9.49. The monoisotopic (exact) mass is 356 g/mol. The molecule has 2 saturated heterocycles. The van der Waals surface area contributed by atoms with Crippen LogP contribution in [0.25, 0.3) is 0 Å². The molecular weight excluding hydrogens is 324 g/mol. The summed E-state index contributed by atoms with van der Waals surface area (Å²) in [5.74, 6) is 1.06. The van der Waals surface area contributed by atoms with Gasteiger partial charge in [0, 0.05) is 45.5 Å². The maximum Gasteiger partial charge on any atom is 0.193 e. The number of rotatable bonds is 3. The van der Waals surface area contributed by atoms with Gasteiger partial charge in [0.05, 0.1) is 13.2 Å². The lowest BCUT2D eigenvalue weighted by Gasteiger charge is -2.31. The smallest absolute Gasteiger partial charge is 0.193 e. The number of ether oxygens (including phenoxy) is 1. The second-order valence-electron chi connectivity index (χ2n) is 8.01. The molecule has 2 aliphatic heterocycles. The number of likely N-dealkylation sites (tertiary alicyclic amines) is 1. The zero-order valence-electron chi connectivity index (χ0n) is 16.0. The SMILES string of the molecule is CN=C(NCc1ccccc1N1CCOCC1)N1CCC2(CCCC2)C1. The lowest BCUT2D eigenvalue weighted by Crippen LogP contribution is -2.41. The lowest BCUT2D eigenvalue weighted by atomic mass is 9.86. The summed E-state index contributed by atoms with van der Waals surface area (Å²) < 4.78 is 5.51. The van der Waals surface area contributed by atoms with Crippen LogP contribution in [0.4, 0.5) is 5.69 Å². The van der Waals surface area contributed by atoms with Gasteiger partial charge in [-0.15, -0.1) is 0 Å². The summed E-state index contributed by atoms with van der Waals surface area (Å²) in [5.41, 5.74) is 3.24. The Morgan fingerprint density at radius 1 is 1.12 bits per heavy atom. The third kappa shape index (κ3) is 3.68. The fourth-order valence-electron chi connectivity index (χ4n) is 4.93. The van der Waals surface area contributed by atoms with Gasteiger partial charge in [0.15, 0.2) is 5.96 Å². The average molecular weight is 357 g/mol. The molecule has 26 heavy (non-hydrogen) atoms. The Morgan fingerprint density at radius 3 is 2.65 bits per heavy atom. The van der Waals surface area contributed by atoms with E-state index in [1.807, 2.05) is 7.05 Å². The van der Waals surface area contributed by atoms with Crippen molar-refractivity contribution in [3.8, 4) is 0 Å². The molecule has 1 aromatic rings. The Balaban J connectivity index is 1.40. The minimum Gasteiger partial charge on any atom is -0.378 e. The Kier molecular flexibility index (Phi) is 5.34. The first kappa shape index (κ1) is 17.7. The first-order valence-electron chi connectivity index (χ1n) is 10.2. The number of hydrogen-bond donors (Lipinski definition) is 1. The number of nitrogens with one attached hydrogen (secondary N) is 1. The van der Waals surface area contributed by atoms with Crippen LogP contribution in [0.2, 0.25) is 0 Å². The first-order chi connectivity index (χ1) is 12.8. The van der Waals surface area contributed by atoms with Gasteiger partial charge in [-0.3, -0.25) is 4.99 Å². The molecule has 1 spiro atoms. The predicted molar refractivity (Wildman–Crippen MR) is 107 cm³/mol. The van der Waals surface area contributed by atoms with Crippen molar-refractivity contribution in [1.82, 2.24) is 10.2 Å². The van der Waals surface area contributed by atoms with Crippen molar-refractivity contribution in [2.24, 2.45) is 10.4 Å². The Morgan fingerprint density at radius 2 is 1.88 bits per heavy atom. The number of benzene rings is 1. The molecule has 5 nitrogen and oxygen atoms in total. The van der Waals surface area contributed by atoms with Crippen LogP contribution in [0.5, 0.6) is 0 Å². The molecular formula is C21H32N4O. The number of para-hydroxylation sites is 1. The van der Waals surface area contributed by atoms with Crippen molar-refractivity contribution in [2.75, 3.05) is 51.3 Å². The van der Waals surface area contributed by atoms with Crippen LogP contribution in [0.1, 0.15) is 37.7 Å². The van der Waals surface area contributed by atoms with Crippen LogP contribution in [0.15, 0.2) is 29.3 Å². The molecule has 2 heterocycles. The predicted octanol–water partition coefficient (Wildman–Crippen LogP) is 2.86. The van der Waals surface area contributed by atoms with Crippen LogP contribution in [-0.2, 0) is 11.3 Å². The summed E-state index contributed by atoms with van der Waals surface area (Å²) in [6.45, 7) is 6.73. The highest BCUT2D eigenvalue weighted by molar-refractivity contribution is 5.80. The number of anilines is 1. The second kappa shape index (κ2) is 7.87. The van der Waals surface area contributed by atoms with E-state index >= 15 is 0 Å². The summed E-state index contributed by atoms with van der Waals surface area (Å²) >= 11 is 0. The molecule has 1 saturated carbocycles. The summed E-state index contributed by atoms with van der Waals surface area (Å²) in [6.07, 6.45) is 6.96. The van der Waals surface area contributed by atoms with Gasteiger partial charge in [-0.05, 0) is 36.3 Å². The first-order valence-corrected chi connectivity index (χ1v) is 10.2. The summed E-state index contributed by atoms with van der Waals surface area (Å²) in [7, 11) is 1.91. The van der Waals surface area contributed by atoms with Crippen molar-refractivity contribution >= 4 is 11.6 Å². The van der Waals surface area contributed by atoms with Crippen LogP contribution in [-0.4, -0.2) is 57.3 Å². The van der Waals surface area contributed by atoms with Crippen molar-refractivity contribution in [3.63, 3.8) is 0 Å². The van der Waals surface area contributed by atoms with E-state index in [9.17, 15) is 0 Å². The van der Waals surface area contributed by atoms with Gasteiger partial charge in [0.2, 0.25) is 0 Å². The fraction of sp³-hybridized carbons (Fsp3) is 0.667. The number of nitrogens with zero attached hydrogens (tertiary/aromatic N) is 3. The number of aliphatic imine (C=N–C) groups is 1. The average Bonchev–Trinajstić information content (AvgIpc) is 3.33.